The van der Waals surface area contributed by atoms with Crippen LogP contribution >= 0.6 is 0 Å². The van der Waals surface area contributed by atoms with E-state index in [-0.39, 0.29) is 12.3 Å². The summed E-state index contributed by atoms with van der Waals surface area (Å²) in [6.45, 7) is 3.75. The van der Waals surface area contributed by atoms with E-state index in [1.807, 2.05) is 11.8 Å². The molecule has 1 aromatic rings. The second-order valence-corrected chi connectivity index (χ2v) is 7.35. The van der Waals surface area contributed by atoms with Crippen molar-refractivity contribution in [1.29, 1.82) is 0 Å². The summed E-state index contributed by atoms with van der Waals surface area (Å²) in [5.74, 6) is 0. The van der Waals surface area contributed by atoms with Gasteiger partial charge in [0.05, 0.1) is 29.1 Å². The third-order valence-electron chi connectivity index (χ3n) is 5.81. The molecule has 0 saturated carbocycles. The fourth-order valence-corrected chi connectivity index (χ4v) is 4.13. The predicted octanol–water partition coefficient (Wildman–Crippen LogP) is 4.07. The molecule has 2 amide bonds. The van der Waals surface area contributed by atoms with Gasteiger partial charge in [-0.05, 0) is 50.3 Å². The van der Waals surface area contributed by atoms with Crippen LogP contribution in [-0.2, 0) is 6.18 Å². The van der Waals surface area contributed by atoms with E-state index in [1.165, 1.54) is 6.07 Å². The number of amides is 2. The molecular weight excluding hydrogens is 359 g/mol. The summed E-state index contributed by atoms with van der Waals surface area (Å²) in [6, 6.07) is 3.05. The summed E-state index contributed by atoms with van der Waals surface area (Å²) in [5, 5.41) is 12.5. The van der Waals surface area contributed by atoms with Gasteiger partial charge >= 0.3 is 12.2 Å². The molecule has 0 aromatic heterocycles. The molecule has 5 nitrogen and oxygen atoms in total. The van der Waals surface area contributed by atoms with E-state index >= 15 is 0 Å². The zero-order valence-electron chi connectivity index (χ0n) is 15.5. The van der Waals surface area contributed by atoms with E-state index in [9.17, 15) is 23.1 Å². The van der Waals surface area contributed by atoms with Crippen LogP contribution in [0.1, 0.15) is 44.6 Å². The Labute approximate surface area is 157 Å². The van der Waals surface area contributed by atoms with Crippen molar-refractivity contribution in [2.45, 2.75) is 50.7 Å². The second-order valence-electron chi connectivity index (χ2n) is 7.35. The smallest absolute Gasteiger partial charge is 0.394 e. The SMILES string of the molecule is CC[C@@]1(CO)CCCN1C(=O)Nc1cc(C(F)(F)F)ccc1N1CCCC1. The first-order chi connectivity index (χ1) is 12.8. The minimum absolute atomic E-state index is 0.154. The highest BCUT2D eigenvalue weighted by Gasteiger charge is 2.42. The van der Waals surface area contributed by atoms with Crippen molar-refractivity contribution in [1.82, 2.24) is 4.90 Å². The number of urea groups is 1. The van der Waals surface area contributed by atoms with E-state index < -0.39 is 23.3 Å². The molecule has 2 aliphatic heterocycles. The average molecular weight is 385 g/mol. The molecule has 2 N–H and O–H groups in total. The first kappa shape index (κ1) is 19.8. The third-order valence-corrected chi connectivity index (χ3v) is 5.81. The molecule has 8 heteroatoms. The van der Waals surface area contributed by atoms with Crippen molar-refractivity contribution < 1.29 is 23.1 Å². The van der Waals surface area contributed by atoms with E-state index in [0.29, 0.717) is 25.1 Å². The summed E-state index contributed by atoms with van der Waals surface area (Å²) < 4.78 is 39.5. The molecule has 0 radical (unpaired) electrons. The number of halogens is 3. The Bertz CT molecular complexity index is 683. The summed E-state index contributed by atoms with van der Waals surface area (Å²) in [7, 11) is 0. The third kappa shape index (κ3) is 3.85. The molecule has 150 valence electrons. The molecule has 0 bridgehead atoms. The Morgan fingerprint density at radius 2 is 1.93 bits per heavy atom. The van der Waals surface area contributed by atoms with Gasteiger partial charge < -0.3 is 20.2 Å². The fraction of sp³-hybridized carbons (Fsp3) is 0.632. The highest BCUT2D eigenvalue weighted by Crippen LogP contribution is 2.38. The zero-order valence-corrected chi connectivity index (χ0v) is 15.5. The van der Waals surface area contributed by atoms with Gasteiger partial charge in [0.1, 0.15) is 0 Å². The average Bonchev–Trinajstić information content (AvgIpc) is 3.31. The van der Waals surface area contributed by atoms with E-state index in [1.54, 1.807) is 4.90 Å². The Hall–Kier alpha value is -1.96. The number of anilines is 2. The van der Waals surface area contributed by atoms with Crippen molar-refractivity contribution in [3.05, 3.63) is 23.8 Å². The number of nitrogens with one attached hydrogen (secondary N) is 1. The number of hydrogen-bond acceptors (Lipinski definition) is 3. The van der Waals surface area contributed by atoms with Gasteiger partial charge in [-0.15, -0.1) is 0 Å². The molecular formula is C19H26F3N3O2. The molecule has 1 atom stereocenters. The number of hydrogen-bond donors (Lipinski definition) is 2. The van der Waals surface area contributed by atoms with Crippen LogP contribution in [0.25, 0.3) is 0 Å². The predicted molar refractivity (Wildman–Crippen MR) is 98.0 cm³/mol. The second kappa shape index (κ2) is 7.58. The maximum absolute atomic E-state index is 13.2. The molecule has 2 saturated heterocycles. The summed E-state index contributed by atoms with van der Waals surface area (Å²) >= 11 is 0. The highest BCUT2D eigenvalue weighted by atomic mass is 19.4. The number of aliphatic hydroxyl groups is 1. The van der Waals surface area contributed by atoms with Crippen molar-refractivity contribution >= 4 is 17.4 Å². The van der Waals surface area contributed by atoms with Crippen molar-refractivity contribution in [2.75, 3.05) is 36.5 Å². The van der Waals surface area contributed by atoms with Crippen LogP contribution in [0.5, 0.6) is 0 Å². The molecule has 3 rings (SSSR count). The number of benzene rings is 1. The van der Waals surface area contributed by atoms with Crippen molar-refractivity contribution in [3.8, 4) is 0 Å². The summed E-state index contributed by atoms with van der Waals surface area (Å²) in [6.07, 6.45) is -0.472. The monoisotopic (exact) mass is 385 g/mol. The Morgan fingerprint density at radius 3 is 2.52 bits per heavy atom. The zero-order chi connectivity index (χ0) is 19.7. The van der Waals surface area contributed by atoms with Crippen molar-refractivity contribution in [2.24, 2.45) is 0 Å². The van der Waals surface area contributed by atoms with Crippen LogP contribution in [0.3, 0.4) is 0 Å². The number of likely N-dealkylation sites (tertiary alicyclic amines) is 1. The quantitative estimate of drug-likeness (QED) is 0.821. The maximum Gasteiger partial charge on any atom is 0.416 e. The number of alkyl halides is 3. The van der Waals surface area contributed by atoms with Crippen LogP contribution in [0.2, 0.25) is 0 Å². The summed E-state index contributed by atoms with van der Waals surface area (Å²) in [4.78, 5) is 16.4. The van der Waals surface area contributed by atoms with Gasteiger partial charge in [0.25, 0.3) is 0 Å². The summed E-state index contributed by atoms with van der Waals surface area (Å²) in [5.41, 5.74) is -0.642. The van der Waals surface area contributed by atoms with Crippen LogP contribution in [0, 0.1) is 0 Å². The lowest BCUT2D eigenvalue weighted by Gasteiger charge is -2.36. The molecule has 0 aliphatic carbocycles. The highest BCUT2D eigenvalue weighted by molar-refractivity contribution is 5.94. The van der Waals surface area contributed by atoms with Gasteiger partial charge in [0, 0.05) is 19.6 Å². The van der Waals surface area contributed by atoms with Crippen LogP contribution in [0.4, 0.5) is 29.3 Å². The number of carbonyl (C=O) groups is 1. The molecule has 2 fully saturated rings. The lowest BCUT2D eigenvalue weighted by Crippen LogP contribution is -2.51. The minimum atomic E-state index is -4.48. The molecule has 27 heavy (non-hydrogen) atoms. The van der Waals surface area contributed by atoms with Gasteiger partial charge in [-0.25, -0.2) is 4.79 Å². The van der Waals surface area contributed by atoms with Gasteiger partial charge in [0.2, 0.25) is 0 Å². The van der Waals surface area contributed by atoms with Crippen molar-refractivity contribution in [3.63, 3.8) is 0 Å². The number of aliphatic hydroxyl groups excluding tert-OH is 1. The maximum atomic E-state index is 13.2. The van der Waals surface area contributed by atoms with Gasteiger partial charge in [0.15, 0.2) is 0 Å². The Balaban J connectivity index is 1.90. The number of carbonyl (C=O) groups excluding carboxylic acids is 1. The van der Waals surface area contributed by atoms with E-state index in [0.717, 1.165) is 44.5 Å². The lowest BCUT2D eigenvalue weighted by molar-refractivity contribution is -0.137. The molecule has 0 spiro atoms. The molecule has 0 unspecified atom stereocenters. The first-order valence-electron chi connectivity index (χ1n) is 9.46. The Kier molecular flexibility index (Phi) is 5.55. The molecule has 1 aromatic carbocycles. The first-order valence-corrected chi connectivity index (χ1v) is 9.46. The van der Waals surface area contributed by atoms with E-state index in [2.05, 4.69) is 5.32 Å². The van der Waals surface area contributed by atoms with Gasteiger partial charge in [-0.1, -0.05) is 6.92 Å². The fourth-order valence-electron chi connectivity index (χ4n) is 4.13. The number of nitrogens with zero attached hydrogens (tertiary/aromatic N) is 2. The van der Waals surface area contributed by atoms with Crippen LogP contribution in [0.15, 0.2) is 18.2 Å². The topological polar surface area (TPSA) is 55.8 Å². The van der Waals surface area contributed by atoms with Crippen LogP contribution < -0.4 is 10.2 Å². The molecule has 2 aliphatic rings. The lowest BCUT2D eigenvalue weighted by atomic mass is 9.94. The normalized spacial score (nSPS) is 23.1. The van der Waals surface area contributed by atoms with Gasteiger partial charge in [-0.2, -0.15) is 13.2 Å². The van der Waals surface area contributed by atoms with Gasteiger partial charge in [-0.3, -0.25) is 0 Å². The van der Waals surface area contributed by atoms with Crippen LogP contribution in [-0.4, -0.2) is 47.8 Å². The standard InChI is InChI=1S/C19H26F3N3O2/c1-2-18(13-26)8-5-11-25(18)17(27)23-15-12-14(19(20,21)22)6-7-16(15)24-9-3-4-10-24/h6-7,12,26H,2-5,8-11,13H2,1H3,(H,23,27)/t18-/m0/s1. The Morgan fingerprint density at radius 1 is 1.22 bits per heavy atom. The van der Waals surface area contributed by atoms with E-state index in [4.69, 9.17) is 0 Å². The minimum Gasteiger partial charge on any atom is -0.394 e. The molecule has 2 heterocycles. The number of rotatable bonds is 4. The largest absolute Gasteiger partial charge is 0.416 e.